The number of amides is 2. The van der Waals surface area contributed by atoms with Gasteiger partial charge in [0, 0.05) is 29.3 Å². The molecule has 0 unspecified atom stereocenters. The van der Waals surface area contributed by atoms with Gasteiger partial charge in [-0.25, -0.2) is 9.59 Å². The Labute approximate surface area is 210 Å². The maximum Gasteiger partial charge on any atom is 0.335 e. The number of non-ortho nitro benzene ring substituents is 1. The number of hydrogen-bond acceptors (Lipinski definition) is 9. The minimum atomic E-state index is -1.33. The Hall–Kier alpha value is -5.04. The average Bonchev–Trinajstić information content (AvgIpc) is 3.44. The van der Waals surface area contributed by atoms with Crippen molar-refractivity contribution < 1.29 is 43.5 Å². The summed E-state index contributed by atoms with van der Waals surface area (Å²) in [5, 5.41) is 28.6. The molecule has 0 bridgehead atoms. The molecule has 2 heterocycles. The van der Waals surface area contributed by atoms with Gasteiger partial charge in [0.15, 0.2) is 5.78 Å². The molecular weight excluding hydrogens is 508 g/mol. The van der Waals surface area contributed by atoms with Gasteiger partial charge in [0.2, 0.25) is 0 Å². The molecule has 1 fully saturated rings. The normalized spacial score (nSPS) is 14.3. The average molecular weight is 522 g/mol. The van der Waals surface area contributed by atoms with Gasteiger partial charge in [-0.05, 0) is 54.2 Å². The molecule has 0 saturated carbocycles. The van der Waals surface area contributed by atoms with E-state index >= 15 is 0 Å². The molecule has 3 aromatic rings. The number of aromatic carboxylic acids is 2. The van der Waals surface area contributed by atoms with E-state index in [1.165, 1.54) is 42.5 Å². The first-order chi connectivity index (χ1) is 17.5. The second-order valence-corrected chi connectivity index (χ2v) is 8.60. The maximum absolute atomic E-state index is 12.7. The number of Topliss-reactive ketones (excluding diaryl/α,β-unsaturated/α-hetero) is 1. The van der Waals surface area contributed by atoms with Crippen LogP contribution in [0.1, 0.15) is 36.8 Å². The summed E-state index contributed by atoms with van der Waals surface area (Å²) in [5.74, 6) is -3.74. The van der Waals surface area contributed by atoms with Crippen molar-refractivity contribution in [3.63, 3.8) is 0 Å². The van der Waals surface area contributed by atoms with Crippen LogP contribution >= 0.6 is 11.8 Å². The highest BCUT2D eigenvalue weighted by atomic mass is 32.2. The molecule has 0 aliphatic carbocycles. The van der Waals surface area contributed by atoms with Gasteiger partial charge in [0.25, 0.3) is 16.8 Å². The third-order valence-electron chi connectivity index (χ3n) is 5.19. The largest absolute Gasteiger partial charge is 0.478 e. The number of hydrogen-bond donors (Lipinski definition) is 2. The first-order valence-corrected chi connectivity index (χ1v) is 11.1. The van der Waals surface area contributed by atoms with Crippen LogP contribution in [0.3, 0.4) is 0 Å². The Morgan fingerprint density at radius 3 is 2.14 bits per heavy atom. The van der Waals surface area contributed by atoms with Crippen LogP contribution in [0.5, 0.6) is 0 Å². The molecule has 2 N–H and O–H groups in total. The third kappa shape index (κ3) is 5.31. The quantitative estimate of drug-likeness (QED) is 0.187. The smallest absolute Gasteiger partial charge is 0.335 e. The molecule has 12 nitrogen and oxygen atoms in total. The van der Waals surface area contributed by atoms with Gasteiger partial charge in [-0.3, -0.25) is 29.4 Å². The van der Waals surface area contributed by atoms with Gasteiger partial charge >= 0.3 is 11.9 Å². The summed E-state index contributed by atoms with van der Waals surface area (Å²) in [6.07, 6.45) is 1.27. The van der Waals surface area contributed by atoms with E-state index in [-0.39, 0.29) is 44.4 Å². The second kappa shape index (κ2) is 9.91. The number of carbonyl (C=O) groups excluding carboxylic acids is 3. The van der Waals surface area contributed by atoms with Gasteiger partial charge in [-0.1, -0.05) is 0 Å². The number of benzene rings is 2. The van der Waals surface area contributed by atoms with Gasteiger partial charge < -0.3 is 14.6 Å². The fourth-order valence-corrected chi connectivity index (χ4v) is 4.19. The number of imide groups is 1. The number of nitrogens with zero attached hydrogens (tertiary/aromatic N) is 2. The number of nitro groups is 1. The predicted octanol–water partition coefficient (Wildman–Crippen LogP) is 4.17. The van der Waals surface area contributed by atoms with Crippen molar-refractivity contribution in [3.05, 3.63) is 92.1 Å². The molecule has 4 rings (SSSR count). The van der Waals surface area contributed by atoms with E-state index in [9.17, 15) is 44.3 Å². The van der Waals surface area contributed by atoms with E-state index < -0.39 is 40.3 Å². The molecule has 1 saturated heterocycles. The lowest BCUT2D eigenvalue weighted by Gasteiger charge is -2.11. The van der Waals surface area contributed by atoms with Gasteiger partial charge in [0.1, 0.15) is 11.5 Å². The monoisotopic (exact) mass is 522 g/mol. The summed E-state index contributed by atoms with van der Waals surface area (Å²) in [4.78, 5) is 71.1. The fraction of sp³-hybridized carbons (Fsp3) is 0.0417. The summed E-state index contributed by atoms with van der Waals surface area (Å²) in [5.41, 5.74) is -0.456. The molecule has 0 radical (unpaired) electrons. The number of furan rings is 1. The highest BCUT2D eigenvalue weighted by Crippen LogP contribution is 2.34. The summed E-state index contributed by atoms with van der Waals surface area (Å²) in [6, 6.07) is 11.1. The summed E-state index contributed by atoms with van der Waals surface area (Å²) in [7, 11) is 0. The molecule has 2 aromatic carbocycles. The number of carbonyl (C=O) groups is 5. The predicted molar refractivity (Wildman–Crippen MR) is 128 cm³/mol. The topological polar surface area (TPSA) is 185 Å². The second-order valence-electron chi connectivity index (χ2n) is 7.61. The van der Waals surface area contributed by atoms with Crippen LogP contribution in [-0.2, 0) is 4.79 Å². The fourth-order valence-electron chi connectivity index (χ4n) is 3.37. The lowest BCUT2D eigenvalue weighted by atomic mass is 10.0. The van der Waals surface area contributed by atoms with Crippen molar-refractivity contribution in [2.45, 2.75) is 0 Å². The first-order valence-electron chi connectivity index (χ1n) is 10.3. The van der Waals surface area contributed by atoms with E-state index in [2.05, 4.69) is 0 Å². The maximum atomic E-state index is 12.7. The van der Waals surface area contributed by atoms with Gasteiger partial charge in [-0.15, -0.1) is 0 Å². The lowest BCUT2D eigenvalue weighted by Crippen LogP contribution is -2.33. The Kier molecular flexibility index (Phi) is 6.71. The summed E-state index contributed by atoms with van der Waals surface area (Å²) < 4.78 is 5.62. The van der Waals surface area contributed by atoms with Crippen LogP contribution in [0.2, 0.25) is 0 Å². The van der Waals surface area contributed by atoms with Crippen LogP contribution in [0.25, 0.3) is 17.4 Å². The zero-order valence-electron chi connectivity index (χ0n) is 18.4. The van der Waals surface area contributed by atoms with Crippen molar-refractivity contribution >= 4 is 52.4 Å². The van der Waals surface area contributed by atoms with Crippen molar-refractivity contribution in [1.82, 2.24) is 4.90 Å². The van der Waals surface area contributed by atoms with E-state index in [0.29, 0.717) is 11.8 Å². The van der Waals surface area contributed by atoms with Crippen LogP contribution in [0, 0.1) is 10.1 Å². The van der Waals surface area contributed by atoms with Crippen molar-refractivity contribution in [2.24, 2.45) is 0 Å². The van der Waals surface area contributed by atoms with Crippen molar-refractivity contribution in [3.8, 4) is 11.3 Å². The SMILES string of the molecule is O=C(O)c1cc(C(=O)O)cc(-c2ccc(C=C3SC(=O)N(CC(=O)c4ccc([N+](=O)[O-])cc4)C3=O)o2)c1. The Balaban J connectivity index is 1.53. The minimum absolute atomic E-state index is 0.0343. The molecule has 1 aliphatic rings. The summed E-state index contributed by atoms with van der Waals surface area (Å²) >= 11 is 0.580. The highest BCUT2D eigenvalue weighted by molar-refractivity contribution is 8.18. The Morgan fingerprint density at radius 2 is 1.57 bits per heavy atom. The van der Waals surface area contributed by atoms with Gasteiger partial charge in [0.05, 0.1) is 27.5 Å². The number of ketones is 1. The number of rotatable bonds is 8. The van der Waals surface area contributed by atoms with Crippen LogP contribution < -0.4 is 0 Å². The standard InChI is InChI=1S/C24H14N2O10S/c27-18(12-1-3-16(4-2-12)26(34)35)11-25-21(28)20(37-24(25)33)10-17-5-6-19(36-17)13-7-14(22(29)30)9-15(8-13)23(31)32/h1-10H,11H2,(H,29,30)(H,31,32). The first kappa shape index (κ1) is 25.1. The highest BCUT2D eigenvalue weighted by Gasteiger charge is 2.36. The van der Waals surface area contributed by atoms with Crippen molar-refractivity contribution in [1.29, 1.82) is 0 Å². The molecule has 0 spiro atoms. The zero-order chi connectivity index (χ0) is 26.9. The van der Waals surface area contributed by atoms with Crippen LogP contribution in [0.15, 0.2) is 63.9 Å². The molecule has 37 heavy (non-hydrogen) atoms. The minimum Gasteiger partial charge on any atom is -0.478 e. The zero-order valence-corrected chi connectivity index (χ0v) is 19.3. The number of carboxylic acid groups (broad SMARTS) is 2. The van der Waals surface area contributed by atoms with E-state index in [1.807, 2.05) is 0 Å². The third-order valence-corrected chi connectivity index (χ3v) is 6.09. The van der Waals surface area contributed by atoms with Crippen molar-refractivity contribution in [2.75, 3.05) is 6.54 Å². The van der Waals surface area contributed by atoms with E-state index in [0.717, 1.165) is 23.1 Å². The molecule has 1 aliphatic heterocycles. The molecular formula is C24H14N2O10S. The Morgan fingerprint density at radius 1 is 0.946 bits per heavy atom. The molecule has 186 valence electrons. The molecule has 13 heteroatoms. The molecule has 2 amide bonds. The van der Waals surface area contributed by atoms with Crippen LogP contribution in [-0.4, -0.2) is 55.4 Å². The number of carboxylic acids is 2. The Bertz CT molecular complexity index is 1490. The number of nitro benzene ring substituents is 1. The summed E-state index contributed by atoms with van der Waals surface area (Å²) in [6.45, 7) is -0.566. The molecule has 1 aromatic heterocycles. The van der Waals surface area contributed by atoms with E-state index in [4.69, 9.17) is 4.42 Å². The van der Waals surface area contributed by atoms with E-state index in [1.54, 1.807) is 0 Å². The molecule has 0 atom stereocenters. The lowest BCUT2D eigenvalue weighted by molar-refractivity contribution is -0.384. The van der Waals surface area contributed by atoms with Crippen LogP contribution in [0.4, 0.5) is 10.5 Å². The number of thioether (sulfide) groups is 1. The van der Waals surface area contributed by atoms with Gasteiger partial charge in [-0.2, -0.15) is 0 Å².